The Hall–Kier alpha value is -2.75. The molecular weight excluding hydrogens is 304 g/mol. The number of hydrogen-bond donors (Lipinski definition) is 0. The fraction of sp³-hybridized carbons (Fsp3) is 0.250. The Morgan fingerprint density at radius 1 is 1.12 bits per heavy atom. The molecule has 0 aliphatic rings. The average molecular weight is 326 g/mol. The molecule has 2 aromatic carbocycles. The lowest BCUT2D eigenvalue weighted by Gasteiger charge is -2.12. The quantitative estimate of drug-likeness (QED) is 0.566. The van der Waals surface area contributed by atoms with Gasteiger partial charge in [-0.15, -0.1) is 0 Å². The van der Waals surface area contributed by atoms with Crippen LogP contribution in [-0.2, 0) is 16.1 Å². The van der Waals surface area contributed by atoms with E-state index in [2.05, 4.69) is 13.0 Å². The van der Waals surface area contributed by atoms with Crippen molar-refractivity contribution in [3.8, 4) is 11.5 Å². The van der Waals surface area contributed by atoms with Crippen LogP contribution in [0.5, 0.6) is 11.5 Å². The summed E-state index contributed by atoms with van der Waals surface area (Å²) in [5.41, 5.74) is 3.15. The van der Waals surface area contributed by atoms with E-state index in [9.17, 15) is 4.79 Å². The summed E-state index contributed by atoms with van der Waals surface area (Å²) in [4.78, 5) is 11.4. The Labute approximate surface area is 142 Å². The van der Waals surface area contributed by atoms with Crippen LogP contribution in [0, 0.1) is 6.92 Å². The number of rotatable bonds is 7. The van der Waals surface area contributed by atoms with Crippen LogP contribution in [0.3, 0.4) is 0 Å². The van der Waals surface area contributed by atoms with Gasteiger partial charge in [0.05, 0.1) is 13.7 Å². The molecule has 0 unspecified atom stereocenters. The third-order valence-electron chi connectivity index (χ3n) is 3.53. The number of ether oxygens (including phenoxy) is 3. The molecule has 0 saturated carbocycles. The smallest absolute Gasteiger partial charge is 0.330 e. The van der Waals surface area contributed by atoms with E-state index in [0.29, 0.717) is 24.7 Å². The van der Waals surface area contributed by atoms with Crippen LogP contribution in [0.2, 0.25) is 0 Å². The summed E-state index contributed by atoms with van der Waals surface area (Å²) >= 11 is 0. The maximum atomic E-state index is 11.4. The lowest BCUT2D eigenvalue weighted by atomic mass is 10.1. The van der Waals surface area contributed by atoms with Gasteiger partial charge in [0, 0.05) is 6.08 Å². The highest BCUT2D eigenvalue weighted by molar-refractivity contribution is 5.87. The van der Waals surface area contributed by atoms with E-state index < -0.39 is 0 Å². The monoisotopic (exact) mass is 326 g/mol. The van der Waals surface area contributed by atoms with Gasteiger partial charge >= 0.3 is 5.97 Å². The summed E-state index contributed by atoms with van der Waals surface area (Å²) < 4.78 is 16.1. The van der Waals surface area contributed by atoms with Crippen LogP contribution in [0.1, 0.15) is 23.6 Å². The molecule has 0 aliphatic carbocycles. The molecule has 0 spiro atoms. The Bertz CT molecular complexity index is 719. The number of aryl methyl sites for hydroxylation is 1. The Morgan fingerprint density at radius 3 is 2.62 bits per heavy atom. The van der Waals surface area contributed by atoms with Gasteiger partial charge in [-0.1, -0.05) is 30.3 Å². The van der Waals surface area contributed by atoms with Gasteiger partial charge in [0.1, 0.15) is 6.61 Å². The molecule has 0 heterocycles. The fourth-order valence-corrected chi connectivity index (χ4v) is 2.19. The minimum atomic E-state index is -0.364. The van der Waals surface area contributed by atoms with Gasteiger partial charge in [-0.05, 0) is 48.7 Å². The average Bonchev–Trinajstić information content (AvgIpc) is 2.60. The molecule has 0 bridgehead atoms. The molecule has 0 aliphatic heterocycles. The molecule has 2 rings (SSSR count). The molecule has 126 valence electrons. The van der Waals surface area contributed by atoms with Gasteiger partial charge in [0.15, 0.2) is 11.5 Å². The molecule has 0 radical (unpaired) electrons. The van der Waals surface area contributed by atoms with Crippen LogP contribution in [0.15, 0.2) is 48.5 Å². The Morgan fingerprint density at radius 2 is 1.92 bits per heavy atom. The summed E-state index contributed by atoms with van der Waals surface area (Å²) in [6, 6.07) is 13.6. The molecule has 2 aromatic rings. The van der Waals surface area contributed by atoms with Crippen molar-refractivity contribution in [3.05, 3.63) is 65.2 Å². The summed E-state index contributed by atoms with van der Waals surface area (Å²) in [5, 5.41) is 0. The third-order valence-corrected chi connectivity index (χ3v) is 3.53. The SMILES string of the molecule is CCOC(=O)/C=C/c1ccc(OCc2ccccc2C)c(OC)c1. The van der Waals surface area contributed by atoms with Crippen molar-refractivity contribution in [2.75, 3.05) is 13.7 Å². The van der Waals surface area contributed by atoms with Crippen LogP contribution in [-0.4, -0.2) is 19.7 Å². The molecule has 0 amide bonds. The van der Waals surface area contributed by atoms with E-state index in [1.807, 2.05) is 36.4 Å². The predicted octanol–water partition coefficient (Wildman–Crippen LogP) is 4.16. The lowest BCUT2D eigenvalue weighted by molar-refractivity contribution is -0.137. The van der Waals surface area contributed by atoms with Gasteiger partial charge in [-0.25, -0.2) is 4.79 Å². The topological polar surface area (TPSA) is 44.8 Å². The second kappa shape index (κ2) is 8.77. The maximum absolute atomic E-state index is 11.4. The fourth-order valence-electron chi connectivity index (χ4n) is 2.19. The summed E-state index contributed by atoms with van der Waals surface area (Å²) in [7, 11) is 1.59. The summed E-state index contributed by atoms with van der Waals surface area (Å²) in [6.07, 6.45) is 3.08. The van der Waals surface area contributed by atoms with Gasteiger partial charge in [0.2, 0.25) is 0 Å². The zero-order valence-electron chi connectivity index (χ0n) is 14.2. The van der Waals surface area contributed by atoms with Gasteiger partial charge in [0.25, 0.3) is 0 Å². The molecular formula is C20H22O4. The minimum absolute atomic E-state index is 0.359. The van der Waals surface area contributed by atoms with E-state index in [-0.39, 0.29) is 5.97 Å². The van der Waals surface area contributed by atoms with E-state index in [4.69, 9.17) is 14.2 Å². The third kappa shape index (κ3) is 4.88. The van der Waals surface area contributed by atoms with Crippen molar-refractivity contribution in [1.82, 2.24) is 0 Å². The second-order valence-electron chi connectivity index (χ2n) is 5.21. The number of esters is 1. The highest BCUT2D eigenvalue weighted by atomic mass is 16.5. The van der Waals surface area contributed by atoms with Crippen LogP contribution in [0.25, 0.3) is 6.08 Å². The van der Waals surface area contributed by atoms with E-state index in [0.717, 1.165) is 11.1 Å². The van der Waals surface area contributed by atoms with Crippen molar-refractivity contribution in [2.24, 2.45) is 0 Å². The molecule has 0 atom stereocenters. The number of hydrogen-bond acceptors (Lipinski definition) is 4. The predicted molar refractivity (Wildman–Crippen MR) is 94.2 cm³/mol. The van der Waals surface area contributed by atoms with Crippen LogP contribution in [0.4, 0.5) is 0 Å². The van der Waals surface area contributed by atoms with Crippen molar-refractivity contribution in [3.63, 3.8) is 0 Å². The van der Waals surface area contributed by atoms with Crippen molar-refractivity contribution in [1.29, 1.82) is 0 Å². The number of carbonyl (C=O) groups is 1. The number of methoxy groups -OCH3 is 1. The Balaban J connectivity index is 2.09. The second-order valence-corrected chi connectivity index (χ2v) is 5.21. The summed E-state index contributed by atoms with van der Waals surface area (Å²) in [5.74, 6) is 0.917. The van der Waals surface area contributed by atoms with Gasteiger partial charge in [-0.3, -0.25) is 0 Å². The minimum Gasteiger partial charge on any atom is -0.493 e. The van der Waals surface area contributed by atoms with E-state index in [1.54, 1.807) is 20.1 Å². The molecule has 0 N–H and O–H groups in total. The summed E-state index contributed by atoms with van der Waals surface area (Å²) in [6.45, 7) is 4.66. The van der Waals surface area contributed by atoms with Crippen molar-refractivity contribution < 1.29 is 19.0 Å². The normalized spacial score (nSPS) is 10.6. The van der Waals surface area contributed by atoms with Crippen molar-refractivity contribution >= 4 is 12.0 Å². The Kier molecular flexibility index (Phi) is 6.43. The highest BCUT2D eigenvalue weighted by Gasteiger charge is 2.06. The van der Waals surface area contributed by atoms with Crippen LogP contribution >= 0.6 is 0 Å². The molecule has 24 heavy (non-hydrogen) atoms. The first-order chi connectivity index (χ1) is 11.6. The first kappa shape index (κ1) is 17.6. The van der Waals surface area contributed by atoms with E-state index in [1.165, 1.54) is 11.6 Å². The molecule has 4 nitrogen and oxygen atoms in total. The zero-order chi connectivity index (χ0) is 17.4. The van der Waals surface area contributed by atoms with Gasteiger partial charge in [-0.2, -0.15) is 0 Å². The number of benzene rings is 2. The highest BCUT2D eigenvalue weighted by Crippen LogP contribution is 2.29. The largest absolute Gasteiger partial charge is 0.493 e. The molecule has 0 fully saturated rings. The maximum Gasteiger partial charge on any atom is 0.330 e. The van der Waals surface area contributed by atoms with Crippen molar-refractivity contribution in [2.45, 2.75) is 20.5 Å². The number of carbonyl (C=O) groups excluding carboxylic acids is 1. The zero-order valence-corrected chi connectivity index (χ0v) is 14.2. The van der Waals surface area contributed by atoms with E-state index >= 15 is 0 Å². The van der Waals surface area contributed by atoms with Crippen LogP contribution < -0.4 is 9.47 Å². The molecule has 0 aromatic heterocycles. The standard InChI is InChI=1S/C20H22O4/c1-4-23-20(21)12-10-16-9-11-18(19(13-16)22-3)24-14-17-8-6-5-7-15(17)2/h5-13H,4,14H2,1-3H3/b12-10+. The first-order valence-electron chi connectivity index (χ1n) is 7.84. The first-order valence-corrected chi connectivity index (χ1v) is 7.84. The lowest BCUT2D eigenvalue weighted by Crippen LogP contribution is -2.00. The molecule has 4 heteroatoms. The van der Waals surface area contributed by atoms with Gasteiger partial charge < -0.3 is 14.2 Å². The molecule has 0 saturated heterocycles.